The van der Waals surface area contributed by atoms with Crippen LogP contribution >= 0.6 is 0 Å². The lowest BCUT2D eigenvalue weighted by molar-refractivity contribution is -0.127. The number of Topliss-reactive ketones (excluding diaryl/α,β-unsaturated/α-hetero) is 1. The lowest BCUT2D eigenvalue weighted by Gasteiger charge is -2.34. The maximum Gasteiger partial charge on any atom is 0.155 e. The van der Waals surface area contributed by atoms with E-state index in [4.69, 9.17) is 4.74 Å². The molecule has 0 aromatic heterocycles. The monoisotopic (exact) mass is 182 g/mol. The van der Waals surface area contributed by atoms with Gasteiger partial charge in [-0.25, -0.2) is 0 Å². The minimum atomic E-state index is -0.204. The number of ketones is 1. The fourth-order valence-electron chi connectivity index (χ4n) is 1.80. The molecule has 0 atom stereocenters. The Hall–Kier alpha value is -0.630. The van der Waals surface area contributed by atoms with E-state index in [2.05, 4.69) is 6.58 Å². The molecule has 0 aromatic carbocycles. The van der Waals surface area contributed by atoms with Crippen molar-refractivity contribution in [3.63, 3.8) is 0 Å². The zero-order chi connectivity index (χ0) is 9.73. The van der Waals surface area contributed by atoms with Gasteiger partial charge in [0.05, 0.1) is 5.60 Å². The molecule has 1 aliphatic rings. The topological polar surface area (TPSA) is 26.3 Å². The maximum absolute atomic E-state index is 10.8. The molecule has 1 fully saturated rings. The summed E-state index contributed by atoms with van der Waals surface area (Å²) in [6.45, 7) is 5.58. The van der Waals surface area contributed by atoms with Crippen LogP contribution in [0.15, 0.2) is 12.7 Å². The summed E-state index contributed by atoms with van der Waals surface area (Å²) in [4.78, 5) is 10.8. The Balaban J connectivity index is 2.47. The van der Waals surface area contributed by atoms with E-state index in [1.54, 1.807) is 6.92 Å². The third-order valence-electron chi connectivity index (χ3n) is 2.63. The van der Waals surface area contributed by atoms with Crippen molar-refractivity contribution < 1.29 is 9.53 Å². The fourth-order valence-corrected chi connectivity index (χ4v) is 1.80. The molecule has 0 amide bonds. The molecule has 0 aromatic rings. The molecule has 2 heteroatoms. The molecule has 0 unspecified atom stereocenters. The lowest BCUT2D eigenvalue weighted by Crippen LogP contribution is -2.34. The molecular weight excluding hydrogens is 164 g/mol. The van der Waals surface area contributed by atoms with E-state index < -0.39 is 0 Å². The van der Waals surface area contributed by atoms with Gasteiger partial charge in [0.15, 0.2) is 5.78 Å². The van der Waals surface area contributed by atoms with Crippen molar-refractivity contribution in [2.75, 3.05) is 6.61 Å². The largest absolute Gasteiger partial charge is 0.363 e. The minimum absolute atomic E-state index is 0.0896. The smallest absolute Gasteiger partial charge is 0.155 e. The molecule has 1 saturated carbocycles. The van der Waals surface area contributed by atoms with Crippen LogP contribution < -0.4 is 0 Å². The second-order valence-corrected chi connectivity index (χ2v) is 3.82. The van der Waals surface area contributed by atoms with Crippen molar-refractivity contribution in [2.24, 2.45) is 0 Å². The SMILES string of the molecule is C=CC1(OCC(C)=O)CCCCC1. The highest BCUT2D eigenvalue weighted by Gasteiger charge is 2.29. The standard InChI is InChI=1S/C11H18O2/c1-3-11(13-9-10(2)12)7-5-4-6-8-11/h3H,1,4-9H2,2H3. The number of carbonyl (C=O) groups is 1. The van der Waals surface area contributed by atoms with Gasteiger partial charge in [-0.2, -0.15) is 0 Å². The van der Waals surface area contributed by atoms with Crippen LogP contribution in [0.5, 0.6) is 0 Å². The van der Waals surface area contributed by atoms with E-state index in [0.29, 0.717) is 0 Å². The molecule has 0 aliphatic heterocycles. The third kappa shape index (κ3) is 2.96. The number of hydrogen-bond donors (Lipinski definition) is 0. The molecule has 0 saturated heterocycles. The highest BCUT2D eigenvalue weighted by Crippen LogP contribution is 2.32. The summed E-state index contributed by atoms with van der Waals surface area (Å²) in [7, 11) is 0. The molecule has 0 N–H and O–H groups in total. The van der Waals surface area contributed by atoms with Gasteiger partial charge in [-0.15, -0.1) is 6.58 Å². The van der Waals surface area contributed by atoms with Crippen molar-refractivity contribution in [2.45, 2.75) is 44.6 Å². The molecular formula is C11H18O2. The van der Waals surface area contributed by atoms with Gasteiger partial charge < -0.3 is 4.74 Å². The Kier molecular flexibility index (Phi) is 3.67. The summed E-state index contributed by atoms with van der Waals surface area (Å²) in [5, 5.41) is 0. The predicted octanol–water partition coefficient (Wildman–Crippen LogP) is 2.48. The first-order chi connectivity index (χ1) is 6.18. The number of rotatable bonds is 4. The van der Waals surface area contributed by atoms with Crippen LogP contribution in [0.2, 0.25) is 0 Å². The second-order valence-electron chi connectivity index (χ2n) is 3.82. The summed E-state index contributed by atoms with van der Waals surface area (Å²) < 4.78 is 5.61. The predicted molar refractivity (Wildman–Crippen MR) is 52.6 cm³/mol. The minimum Gasteiger partial charge on any atom is -0.363 e. The average molecular weight is 182 g/mol. The summed E-state index contributed by atoms with van der Waals surface area (Å²) in [5.41, 5.74) is -0.204. The van der Waals surface area contributed by atoms with Gasteiger partial charge in [0.1, 0.15) is 6.61 Å². The van der Waals surface area contributed by atoms with Crippen LogP contribution in [0.25, 0.3) is 0 Å². The van der Waals surface area contributed by atoms with Crippen LogP contribution in [-0.4, -0.2) is 18.0 Å². The normalized spacial score (nSPS) is 21.0. The molecule has 0 radical (unpaired) electrons. The van der Waals surface area contributed by atoms with Crippen LogP contribution in [0.3, 0.4) is 0 Å². The molecule has 0 spiro atoms. The van der Waals surface area contributed by atoms with E-state index in [1.165, 1.54) is 19.3 Å². The van der Waals surface area contributed by atoms with Crippen LogP contribution in [0.4, 0.5) is 0 Å². The summed E-state index contributed by atoms with van der Waals surface area (Å²) in [5.74, 6) is 0.0896. The quantitative estimate of drug-likeness (QED) is 0.624. The highest BCUT2D eigenvalue weighted by atomic mass is 16.5. The Labute approximate surface area is 80.0 Å². The Morgan fingerprint density at radius 2 is 2.08 bits per heavy atom. The molecule has 1 rings (SSSR count). The molecule has 1 aliphatic carbocycles. The molecule has 0 bridgehead atoms. The van der Waals surface area contributed by atoms with Crippen molar-refractivity contribution in [1.29, 1.82) is 0 Å². The van der Waals surface area contributed by atoms with E-state index in [0.717, 1.165) is 12.8 Å². The van der Waals surface area contributed by atoms with E-state index in [1.807, 2.05) is 6.08 Å². The average Bonchev–Trinajstić information content (AvgIpc) is 2.16. The lowest BCUT2D eigenvalue weighted by atomic mass is 9.85. The first-order valence-electron chi connectivity index (χ1n) is 4.95. The van der Waals surface area contributed by atoms with Gasteiger partial charge in [0.2, 0.25) is 0 Å². The van der Waals surface area contributed by atoms with Gasteiger partial charge in [-0.3, -0.25) is 4.79 Å². The summed E-state index contributed by atoms with van der Waals surface area (Å²) in [6.07, 6.45) is 7.55. The molecule has 74 valence electrons. The van der Waals surface area contributed by atoms with E-state index in [9.17, 15) is 4.79 Å². The summed E-state index contributed by atoms with van der Waals surface area (Å²) >= 11 is 0. The number of hydrogen-bond acceptors (Lipinski definition) is 2. The van der Waals surface area contributed by atoms with Gasteiger partial charge in [-0.1, -0.05) is 25.3 Å². The molecule has 2 nitrogen and oxygen atoms in total. The third-order valence-corrected chi connectivity index (χ3v) is 2.63. The van der Waals surface area contributed by atoms with Crippen molar-refractivity contribution in [3.05, 3.63) is 12.7 Å². The zero-order valence-electron chi connectivity index (χ0n) is 8.34. The second kappa shape index (κ2) is 4.56. The van der Waals surface area contributed by atoms with Gasteiger partial charge in [0.25, 0.3) is 0 Å². The summed E-state index contributed by atoms with van der Waals surface area (Å²) in [6, 6.07) is 0. The number of ether oxygens (including phenoxy) is 1. The maximum atomic E-state index is 10.8. The van der Waals surface area contributed by atoms with Crippen LogP contribution in [-0.2, 0) is 9.53 Å². The molecule has 13 heavy (non-hydrogen) atoms. The van der Waals surface area contributed by atoms with Gasteiger partial charge in [0, 0.05) is 0 Å². The van der Waals surface area contributed by atoms with Crippen molar-refractivity contribution in [1.82, 2.24) is 0 Å². The van der Waals surface area contributed by atoms with Crippen molar-refractivity contribution >= 4 is 5.78 Å². The highest BCUT2D eigenvalue weighted by molar-refractivity contribution is 5.76. The van der Waals surface area contributed by atoms with E-state index in [-0.39, 0.29) is 18.0 Å². The van der Waals surface area contributed by atoms with Gasteiger partial charge >= 0.3 is 0 Å². The van der Waals surface area contributed by atoms with Gasteiger partial charge in [-0.05, 0) is 19.8 Å². The first kappa shape index (κ1) is 10.5. The zero-order valence-corrected chi connectivity index (χ0v) is 8.34. The Morgan fingerprint density at radius 3 is 2.54 bits per heavy atom. The first-order valence-corrected chi connectivity index (χ1v) is 4.95. The van der Waals surface area contributed by atoms with Crippen molar-refractivity contribution in [3.8, 4) is 0 Å². The van der Waals surface area contributed by atoms with Crippen LogP contribution in [0.1, 0.15) is 39.0 Å². The number of carbonyl (C=O) groups excluding carboxylic acids is 1. The Morgan fingerprint density at radius 1 is 1.46 bits per heavy atom. The van der Waals surface area contributed by atoms with Crippen LogP contribution in [0, 0.1) is 0 Å². The molecule has 0 heterocycles. The van der Waals surface area contributed by atoms with E-state index >= 15 is 0 Å². The Bertz CT molecular complexity index is 190. The fraction of sp³-hybridized carbons (Fsp3) is 0.727.